The van der Waals surface area contributed by atoms with Crippen LogP contribution in [-0.4, -0.2) is 86.7 Å². The molecule has 0 aromatic carbocycles. The molecule has 0 aliphatic heterocycles. The van der Waals surface area contributed by atoms with Gasteiger partial charge in [-0.2, -0.15) is 0 Å². The lowest BCUT2D eigenvalue weighted by Gasteiger charge is -2.21. The van der Waals surface area contributed by atoms with E-state index in [1.807, 2.05) is 4.90 Å². The Morgan fingerprint density at radius 2 is 1.62 bits per heavy atom. The Labute approximate surface area is 144 Å². The van der Waals surface area contributed by atoms with Gasteiger partial charge in [-0.1, -0.05) is 0 Å². The smallest absolute Gasteiger partial charge is 0.407 e. The van der Waals surface area contributed by atoms with Crippen LogP contribution < -0.4 is 5.32 Å². The third-order valence-electron chi connectivity index (χ3n) is 2.70. The molecule has 0 bridgehead atoms. The first-order valence-corrected chi connectivity index (χ1v) is 8.19. The number of aliphatic hydroxyl groups is 1. The number of ether oxygens (including phenoxy) is 3. The summed E-state index contributed by atoms with van der Waals surface area (Å²) in [6, 6.07) is 0. The van der Waals surface area contributed by atoms with Gasteiger partial charge in [0.2, 0.25) is 0 Å². The summed E-state index contributed by atoms with van der Waals surface area (Å²) in [6.45, 7) is 10.4. The molecule has 0 saturated carbocycles. The van der Waals surface area contributed by atoms with Gasteiger partial charge in [0.1, 0.15) is 11.4 Å². The van der Waals surface area contributed by atoms with Crippen molar-refractivity contribution in [1.82, 2.24) is 10.2 Å². The summed E-state index contributed by atoms with van der Waals surface area (Å²) < 4.78 is 15.8. The molecule has 0 unspecified atom stereocenters. The predicted molar refractivity (Wildman–Crippen MR) is 90.1 cm³/mol. The molecule has 24 heavy (non-hydrogen) atoms. The number of hydrogen-bond donors (Lipinski definition) is 2. The lowest BCUT2D eigenvalue weighted by Crippen LogP contribution is -2.36. The minimum atomic E-state index is -0.518. The molecule has 8 heteroatoms. The first kappa shape index (κ1) is 22.8. The maximum Gasteiger partial charge on any atom is 0.407 e. The second-order valence-electron chi connectivity index (χ2n) is 6.36. The number of Topliss-reactive ketones (excluding diaryl/α,β-unsaturated/α-hetero) is 1. The van der Waals surface area contributed by atoms with E-state index < -0.39 is 11.7 Å². The molecule has 0 atom stereocenters. The molecular weight excluding hydrogens is 316 g/mol. The molecule has 0 aliphatic rings. The number of nitrogens with zero attached hydrogens (tertiary/aromatic N) is 1. The zero-order chi connectivity index (χ0) is 18.4. The number of carbonyl (C=O) groups excluding carboxylic acids is 2. The van der Waals surface area contributed by atoms with Crippen molar-refractivity contribution in [3.05, 3.63) is 0 Å². The van der Waals surface area contributed by atoms with E-state index in [2.05, 4.69) is 5.32 Å². The first-order chi connectivity index (χ1) is 11.2. The average Bonchev–Trinajstić information content (AvgIpc) is 2.44. The first-order valence-electron chi connectivity index (χ1n) is 8.19. The SMILES string of the molecule is CC(=O)CN(CCOCCO)CCOCCNC(=O)OC(C)(C)C. The van der Waals surface area contributed by atoms with Gasteiger partial charge < -0.3 is 24.6 Å². The highest BCUT2D eigenvalue weighted by molar-refractivity contribution is 5.77. The van der Waals surface area contributed by atoms with E-state index in [4.69, 9.17) is 19.3 Å². The fourth-order valence-corrected chi connectivity index (χ4v) is 1.78. The molecule has 2 N–H and O–H groups in total. The number of rotatable bonds is 13. The highest BCUT2D eigenvalue weighted by atomic mass is 16.6. The summed E-state index contributed by atoms with van der Waals surface area (Å²) in [5.41, 5.74) is -0.518. The zero-order valence-electron chi connectivity index (χ0n) is 15.3. The summed E-state index contributed by atoms with van der Waals surface area (Å²) in [7, 11) is 0. The molecule has 0 saturated heterocycles. The van der Waals surface area contributed by atoms with Crippen molar-refractivity contribution in [3.8, 4) is 0 Å². The Hall–Kier alpha value is -1.22. The Morgan fingerprint density at radius 3 is 2.12 bits per heavy atom. The number of ketones is 1. The van der Waals surface area contributed by atoms with Crippen LogP contribution in [0.2, 0.25) is 0 Å². The lowest BCUT2D eigenvalue weighted by atomic mass is 10.2. The van der Waals surface area contributed by atoms with Crippen molar-refractivity contribution in [2.24, 2.45) is 0 Å². The van der Waals surface area contributed by atoms with Crippen LogP contribution in [0, 0.1) is 0 Å². The standard InChI is InChI=1S/C16H32N2O6/c1-14(20)13-18(7-11-23-12-8-19)6-10-22-9-5-17-15(21)24-16(2,3)4/h19H,5-13H2,1-4H3,(H,17,21). The molecular formula is C16H32N2O6. The van der Waals surface area contributed by atoms with Crippen LogP contribution in [0.15, 0.2) is 0 Å². The molecule has 0 spiro atoms. The van der Waals surface area contributed by atoms with Gasteiger partial charge in [0.15, 0.2) is 0 Å². The van der Waals surface area contributed by atoms with Crippen LogP contribution >= 0.6 is 0 Å². The van der Waals surface area contributed by atoms with Crippen molar-refractivity contribution in [2.75, 3.05) is 59.2 Å². The Morgan fingerprint density at radius 1 is 1.04 bits per heavy atom. The van der Waals surface area contributed by atoms with Crippen molar-refractivity contribution in [1.29, 1.82) is 0 Å². The molecule has 0 aromatic heterocycles. The normalized spacial score (nSPS) is 11.6. The summed E-state index contributed by atoms with van der Waals surface area (Å²) in [6.07, 6.45) is -0.467. The number of nitrogens with one attached hydrogen (secondary N) is 1. The van der Waals surface area contributed by atoms with Gasteiger partial charge in [0, 0.05) is 19.6 Å². The van der Waals surface area contributed by atoms with E-state index in [9.17, 15) is 9.59 Å². The van der Waals surface area contributed by atoms with Crippen LogP contribution in [-0.2, 0) is 19.0 Å². The monoisotopic (exact) mass is 348 g/mol. The van der Waals surface area contributed by atoms with Gasteiger partial charge in [-0.25, -0.2) is 4.79 Å². The van der Waals surface area contributed by atoms with Crippen LogP contribution in [0.3, 0.4) is 0 Å². The van der Waals surface area contributed by atoms with Gasteiger partial charge in [-0.05, 0) is 27.7 Å². The third kappa shape index (κ3) is 15.7. The molecule has 0 rings (SSSR count). The summed E-state index contributed by atoms with van der Waals surface area (Å²) in [5, 5.41) is 11.3. The molecule has 0 radical (unpaired) electrons. The number of amides is 1. The quantitative estimate of drug-likeness (QED) is 0.466. The van der Waals surface area contributed by atoms with Crippen molar-refractivity contribution in [2.45, 2.75) is 33.3 Å². The molecule has 0 fully saturated rings. The van der Waals surface area contributed by atoms with Gasteiger partial charge in [-0.3, -0.25) is 9.69 Å². The number of hydrogen-bond acceptors (Lipinski definition) is 7. The van der Waals surface area contributed by atoms with Gasteiger partial charge in [0.25, 0.3) is 0 Å². The fraction of sp³-hybridized carbons (Fsp3) is 0.875. The lowest BCUT2D eigenvalue weighted by molar-refractivity contribution is -0.118. The number of aliphatic hydroxyl groups excluding tert-OH is 1. The van der Waals surface area contributed by atoms with Crippen molar-refractivity contribution < 1.29 is 28.9 Å². The third-order valence-corrected chi connectivity index (χ3v) is 2.70. The summed E-state index contributed by atoms with van der Waals surface area (Å²) >= 11 is 0. The van der Waals surface area contributed by atoms with E-state index in [0.717, 1.165) is 0 Å². The minimum absolute atomic E-state index is 0.0134. The Balaban J connectivity index is 3.78. The van der Waals surface area contributed by atoms with E-state index in [1.165, 1.54) is 6.92 Å². The summed E-state index contributed by atoms with van der Waals surface area (Å²) in [5.74, 6) is 0.0729. The predicted octanol–water partition coefficient (Wildman–Crippen LogP) is 0.428. The number of alkyl carbamates (subject to hydrolysis) is 1. The van der Waals surface area contributed by atoms with Crippen molar-refractivity contribution >= 4 is 11.9 Å². The van der Waals surface area contributed by atoms with Crippen LogP contribution in [0.1, 0.15) is 27.7 Å². The molecule has 0 aliphatic carbocycles. The van der Waals surface area contributed by atoms with Crippen LogP contribution in [0.25, 0.3) is 0 Å². The van der Waals surface area contributed by atoms with E-state index in [0.29, 0.717) is 52.6 Å². The average molecular weight is 348 g/mol. The van der Waals surface area contributed by atoms with Gasteiger partial charge in [0.05, 0.1) is 39.6 Å². The van der Waals surface area contributed by atoms with E-state index in [1.54, 1.807) is 20.8 Å². The van der Waals surface area contributed by atoms with Gasteiger partial charge in [-0.15, -0.1) is 0 Å². The fourth-order valence-electron chi connectivity index (χ4n) is 1.78. The molecule has 0 heterocycles. The number of carbonyl (C=O) groups is 2. The largest absolute Gasteiger partial charge is 0.444 e. The van der Waals surface area contributed by atoms with E-state index >= 15 is 0 Å². The van der Waals surface area contributed by atoms with E-state index in [-0.39, 0.29) is 12.4 Å². The minimum Gasteiger partial charge on any atom is -0.444 e. The Kier molecular flexibility index (Phi) is 12.4. The Bertz CT molecular complexity index is 357. The second-order valence-corrected chi connectivity index (χ2v) is 6.36. The molecule has 8 nitrogen and oxygen atoms in total. The van der Waals surface area contributed by atoms with Crippen LogP contribution in [0.5, 0.6) is 0 Å². The highest BCUT2D eigenvalue weighted by Gasteiger charge is 2.15. The topological polar surface area (TPSA) is 97.3 Å². The van der Waals surface area contributed by atoms with Crippen LogP contribution in [0.4, 0.5) is 4.79 Å². The van der Waals surface area contributed by atoms with Crippen molar-refractivity contribution in [3.63, 3.8) is 0 Å². The summed E-state index contributed by atoms with van der Waals surface area (Å²) in [4.78, 5) is 24.6. The zero-order valence-corrected chi connectivity index (χ0v) is 15.3. The molecule has 142 valence electrons. The molecule has 1 amide bonds. The molecule has 0 aromatic rings. The maximum absolute atomic E-state index is 11.4. The highest BCUT2D eigenvalue weighted by Crippen LogP contribution is 2.06. The van der Waals surface area contributed by atoms with Gasteiger partial charge >= 0.3 is 6.09 Å². The second kappa shape index (κ2) is 13.1. The maximum atomic E-state index is 11.4.